The quantitative estimate of drug-likeness (QED) is 0.339. The number of fused-ring (bicyclic) bond motifs is 3. The van der Waals surface area contributed by atoms with E-state index in [-0.39, 0.29) is 11.9 Å². The van der Waals surface area contributed by atoms with Gasteiger partial charge in [-0.25, -0.2) is 0 Å². The molecule has 0 unspecified atom stereocenters. The van der Waals surface area contributed by atoms with Crippen molar-refractivity contribution in [1.82, 2.24) is 9.97 Å². The number of nitrogens with two attached hydrogens (primary N) is 1. The summed E-state index contributed by atoms with van der Waals surface area (Å²) >= 11 is 0. The predicted molar refractivity (Wildman–Crippen MR) is 134 cm³/mol. The van der Waals surface area contributed by atoms with Crippen LogP contribution in [0, 0.1) is 0 Å². The Morgan fingerprint density at radius 3 is 2.76 bits per heavy atom. The highest BCUT2D eigenvalue weighted by Crippen LogP contribution is 2.36. The highest BCUT2D eigenvalue weighted by molar-refractivity contribution is 6.31. The molecular formula is C28H22N4O. The van der Waals surface area contributed by atoms with Crippen molar-refractivity contribution in [2.24, 2.45) is 5.73 Å². The molecule has 1 aliphatic heterocycles. The Balaban J connectivity index is 1.34. The van der Waals surface area contributed by atoms with E-state index in [2.05, 4.69) is 45.6 Å². The smallest absolute Gasteiger partial charge is 0.256 e. The summed E-state index contributed by atoms with van der Waals surface area (Å²) in [6, 6.07) is 22.3. The first-order valence-corrected chi connectivity index (χ1v) is 11.0. The second kappa shape index (κ2) is 7.73. The van der Waals surface area contributed by atoms with Gasteiger partial charge in [-0.15, -0.1) is 0 Å². The monoisotopic (exact) mass is 430 g/mol. The summed E-state index contributed by atoms with van der Waals surface area (Å²) in [5, 5.41) is 6.37. The Kier molecular flexibility index (Phi) is 4.56. The van der Waals surface area contributed by atoms with E-state index in [1.807, 2.05) is 54.9 Å². The van der Waals surface area contributed by atoms with E-state index in [0.29, 0.717) is 12.0 Å². The maximum atomic E-state index is 12.8. The zero-order valence-electron chi connectivity index (χ0n) is 17.9. The average Bonchev–Trinajstić information content (AvgIpc) is 3.39. The van der Waals surface area contributed by atoms with Crippen LogP contribution in [0.1, 0.15) is 11.1 Å². The summed E-state index contributed by atoms with van der Waals surface area (Å²) in [5.41, 5.74) is 13.2. The lowest BCUT2D eigenvalue weighted by molar-refractivity contribution is -0.110. The SMILES string of the molecule is N[C@H](C=C1C(=O)Nc2ccc(-c3ccc4cnccc4c3)cc21)Cc1c[nH]c2ccccc12. The fourth-order valence-electron chi connectivity index (χ4n) is 4.62. The minimum Gasteiger partial charge on any atom is -0.361 e. The van der Waals surface area contributed by atoms with Crippen LogP contribution in [0.3, 0.4) is 0 Å². The third kappa shape index (κ3) is 3.49. The van der Waals surface area contributed by atoms with E-state index in [9.17, 15) is 4.79 Å². The van der Waals surface area contributed by atoms with Crippen molar-refractivity contribution in [3.63, 3.8) is 0 Å². The minimum absolute atomic E-state index is 0.110. The molecule has 6 rings (SSSR count). The summed E-state index contributed by atoms with van der Waals surface area (Å²) < 4.78 is 0. The first-order valence-electron chi connectivity index (χ1n) is 11.0. The molecule has 5 nitrogen and oxygen atoms in total. The lowest BCUT2D eigenvalue weighted by Crippen LogP contribution is -2.21. The number of nitrogens with zero attached hydrogens (tertiary/aromatic N) is 1. The Hall–Kier alpha value is -4.22. The molecule has 2 aromatic heterocycles. The lowest BCUT2D eigenvalue weighted by atomic mass is 9.96. The molecule has 0 bridgehead atoms. The number of carbonyl (C=O) groups excluding carboxylic acids is 1. The van der Waals surface area contributed by atoms with Crippen LogP contribution in [0.2, 0.25) is 0 Å². The number of amides is 1. The number of rotatable bonds is 4. The van der Waals surface area contributed by atoms with Gasteiger partial charge in [-0.2, -0.15) is 0 Å². The van der Waals surface area contributed by atoms with E-state index >= 15 is 0 Å². The largest absolute Gasteiger partial charge is 0.361 e. The number of H-pyrrole nitrogens is 1. The van der Waals surface area contributed by atoms with Crippen LogP contribution in [-0.4, -0.2) is 21.9 Å². The fraction of sp³-hybridized carbons (Fsp3) is 0.0714. The van der Waals surface area contributed by atoms with Crippen LogP contribution >= 0.6 is 0 Å². The van der Waals surface area contributed by atoms with Crippen LogP contribution in [-0.2, 0) is 11.2 Å². The Labute approximate surface area is 191 Å². The molecule has 5 heteroatoms. The Bertz CT molecular complexity index is 1560. The number of anilines is 1. The molecule has 160 valence electrons. The van der Waals surface area contributed by atoms with Crippen LogP contribution in [0.15, 0.2) is 91.4 Å². The third-order valence-electron chi connectivity index (χ3n) is 6.29. The van der Waals surface area contributed by atoms with Gasteiger partial charge < -0.3 is 16.0 Å². The molecule has 5 aromatic rings. The molecule has 1 aliphatic rings. The van der Waals surface area contributed by atoms with E-state index in [1.54, 1.807) is 6.20 Å². The second-order valence-corrected chi connectivity index (χ2v) is 8.46. The average molecular weight is 431 g/mol. The lowest BCUT2D eigenvalue weighted by Gasteiger charge is -2.09. The van der Waals surface area contributed by atoms with Gasteiger partial charge in [0.15, 0.2) is 0 Å². The van der Waals surface area contributed by atoms with Crippen molar-refractivity contribution < 1.29 is 4.79 Å². The van der Waals surface area contributed by atoms with Crippen molar-refractivity contribution >= 4 is 38.8 Å². The molecule has 0 spiro atoms. The summed E-state index contributed by atoms with van der Waals surface area (Å²) in [7, 11) is 0. The second-order valence-electron chi connectivity index (χ2n) is 8.46. The Morgan fingerprint density at radius 2 is 1.82 bits per heavy atom. The normalized spacial score (nSPS) is 15.2. The molecule has 3 aromatic carbocycles. The fourth-order valence-corrected chi connectivity index (χ4v) is 4.62. The van der Waals surface area contributed by atoms with Gasteiger partial charge >= 0.3 is 0 Å². The zero-order chi connectivity index (χ0) is 22.4. The third-order valence-corrected chi connectivity index (χ3v) is 6.29. The number of aromatic amines is 1. The molecule has 3 heterocycles. The van der Waals surface area contributed by atoms with Gasteiger partial charge in [0.05, 0.1) is 0 Å². The maximum Gasteiger partial charge on any atom is 0.256 e. The summed E-state index contributed by atoms with van der Waals surface area (Å²) in [6.45, 7) is 0. The molecule has 0 aliphatic carbocycles. The van der Waals surface area contributed by atoms with Crippen molar-refractivity contribution in [3.05, 3.63) is 103 Å². The number of carbonyl (C=O) groups is 1. The number of pyridine rings is 1. The van der Waals surface area contributed by atoms with Crippen molar-refractivity contribution in [2.75, 3.05) is 5.32 Å². The van der Waals surface area contributed by atoms with E-state index < -0.39 is 0 Å². The van der Waals surface area contributed by atoms with Gasteiger partial charge in [0.25, 0.3) is 5.91 Å². The highest BCUT2D eigenvalue weighted by atomic mass is 16.2. The van der Waals surface area contributed by atoms with Crippen molar-refractivity contribution in [1.29, 1.82) is 0 Å². The van der Waals surface area contributed by atoms with Crippen molar-refractivity contribution in [3.8, 4) is 11.1 Å². The van der Waals surface area contributed by atoms with Crippen LogP contribution in [0.25, 0.3) is 38.4 Å². The van der Waals surface area contributed by atoms with Gasteiger partial charge in [0.1, 0.15) is 0 Å². The van der Waals surface area contributed by atoms with Gasteiger partial charge in [-0.05, 0) is 58.8 Å². The first-order chi connectivity index (χ1) is 16.2. The van der Waals surface area contributed by atoms with E-state index in [1.165, 1.54) is 0 Å². The summed E-state index contributed by atoms with van der Waals surface area (Å²) in [6.07, 6.45) is 8.19. The number of hydrogen-bond acceptors (Lipinski definition) is 3. The standard InChI is InChI=1S/C28H22N4O/c29-22(12-21-16-31-26-4-2-1-3-23(21)26)14-25-24-13-18(7-8-27(24)32-28(25)33)17-5-6-20-15-30-10-9-19(20)11-17/h1-11,13-16,22,31H,12,29H2,(H,32,33)/t22-/m0/s1. The molecule has 0 saturated carbocycles. The molecule has 1 amide bonds. The highest BCUT2D eigenvalue weighted by Gasteiger charge is 2.25. The summed E-state index contributed by atoms with van der Waals surface area (Å²) in [5.74, 6) is -0.110. The number of nitrogens with one attached hydrogen (secondary N) is 2. The topological polar surface area (TPSA) is 83.8 Å². The molecule has 0 radical (unpaired) electrons. The minimum atomic E-state index is -0.285. The van der Waals surface area contributed by atoms with Crippen LogP contribution in [0.4, 0.5) is 5.69 Å². The van der Waals surface area contributed by atoms with Crippen LogP contribution < -0.4 is 11.1 Å². The number of aromatic nitrogens is 2. The molecule has 0 fully saturated rings. The number of benzene rings is 3. The van der Waals surface area contributed by atoms with E-state index in [4.69, 9.17) is 5.73 Å². The van der Waals surface area contributed by atoms with Crippen molar-refractivity contribution in [2.45, 2.75) is 12.5 Å². The van der Waals surface area contributed by atoms with Gasteiger partial charge in [0, 0.05) is 57.7 Å². The predicted octanol–water partition coefficient (Wildman–Crippen LogP) is 5.29. The van der Waals surface area contributed by atoms with Gasteiger partial charge in [0.2, 0.25) is 0 Å². The molecule has 0 saturated heterocycles. The van der Waals surface area contributed by atoms with E-state index in [0.717, 1.165) is 49.6 Å². The maximum absolute atomic E-state index is 12.8. The van der Waals surface area contributed by atoms with Gasteiger partial charge in [-0.3, -0.25) is 9.78 Å². The van der Waals surface area contributed by atoms with Gasteiger partial charge in [-0.1, -0.05) is 42.5 Å². The molecule has 4 N–H and O–H groups in total. The molecular weight excluding hydrogens is 408 g/mol. The Morgan fingerprint density at radius 1 is 0.970 bits per heavy atom. The zero-order valence-corrected chi connectivity index (χ0v) is 17.9. The first kappa shape index (κ1) is 19.5. The van der Waals surface area contributed by atoms with Crippen LogP contribution in [0.5, 0.6) is 0 Å². The summed E-state index contributed by atoms with van der Waals surface area (Å²) in [4.78, 5) is 20.2. The molecule has 1 atom stereocenters. The number of hydrogen-bond donors (Lipinski definition) is 3. The molecule has 33 heavy (non-hydrogen) atoms. The number of para-hydroxylation sites is 1.